The Morgan fingerprint density at radius 2 is 1.79 bits per heavy atom. The van der Waals surface area contributed by atoms with Crippen molar-refractivity contribution in [1.29, 1.82) is 0 Å². The summed E-state index contributed by atoms with van der Waals surface area (Å²) < 4.78 is 5.86. The van der Waals surface area contributed by atoms with Gasteiger partial charge in [-0.25, -0.2) is 4.98 Å². The first-order valence-corrected chi connectivity index (χ1v) is 8.78. The number of nitrogen functional groups attached to an aromatic ring is 1. The summed E-state index contributed by atoms with van der Waals surface area (Å²) in [5.74, 6) is 2.30. The predicted molar refractivity (Wildman–Crippen MR) is 97.5 cm³/mol. The Labute approximate surface area is 143 Å². The van der Waals surface area contributed by atoms with Crippen molar-refractivity contribution in [2.75, 3.05) is 11.1 Å². The Balaban J connectivity index is 1.72. The molecule has 1 aliphatic carbocycles. The van der Waals surface area contributed by atoms with Gasteiger partial charge in [-0.2, -0.15) is 4.98 Å². The molecule has 5 nitrogen and oxygen atoms in total. The molecule has 0 unspecified atom stereocenters. The number of hydrogen-bond donors (Lipinski definition) is 2. The molecule has 24 heavy (non-hydrogen) atoms. The van der Waals surface area contributed by atoms with E-state index in [1.54, 1.807) is 0 Å². The molecule has 3 rings (SSSR count). The van der Waals surface area contributed by atoms with E-state index in [0.717, 1.165) is 18.6 Å². The van der Waals surface area contributed by atoms with Crippen LogP contribution >= 0.6 is 0 Å². The van der Waals surface area contributed by atoms with Gasteiger partial charge in [0.1, 0.15) is 17.8 Å². The highest BCUT2D eigenvalue weighted by molar-refractivity contribution is 5.67. The van der Waals surface area contributed by atoms with E-state index < -0.39 is 0 Å². The average Bonchev–Trinajstić information content (AvgIpc) is 2.60. The van der Waals surface area contributed by atoms with E-state index in [1.165, 1.54) is 31.2 Å². The van der Waals surface area contributed by atoms with Gasteiger partial charge in [0.25, 0.3) is 0 Å². The van der Waals surface area contributed by atoms with Crippen molar-refractivity contribution in [2.45, 2.75) is 57.9 Å². The molecule has 0 bridgehead atoms. The molecule has 1 fully saturated rings. The molecule has 0 saturated heterocycles. The molecule has 0 spiro atoms. The minimum atomic E-state index is 0.403. The van der Waals surface area contributed by atoms with Crippen LogP contribution < -0.4 is 15.8 Å². The van der Waals surface area contributed by atoms with Gasteiger partial charge in [0.2, 0.25) is 5.88 Å². The zero-order valence-corrected chi connectivity index (χ0v) is 14.5. The van der Waals surface area contributed by atoms with Crippen molar-refractivity contribution in [3.8, 4) is 11.6 Å². The maximum absolute atomic E-state index is 6.21. The minimum absolute atomic E-state index is 0.403. The van der Waals surface area contributed by atoms with E-state index in [2.05, 4.69) is 41.3 Å². The fourth-order valence-corrected chi connectivity index (χ4v) is 3.05. The summed E-state index contributed by atoms with van der Waals surface area (Å²) in [5, 5.41) is 3.44. The molecule has 1 aliphatic rings. The third kappa shape index (κ3) is 3.96. The molecule has 0 radical (unpaired) electrons. The lowest BCUT2D eigenvalue weighted by Crippen LogP contribution is -2.23. The molecule has 2 aromatic rings. The molecule has 1 aromatic heterocycles. The van der Waals surface area contributed by atoms with Crippen molar-refractivity contribution in [2.24, 2.45) is 0 Å². The summed E-state index contributed by atoms with van der Waals surface area (Å²) in [6, 6.07) is 8.47. The number of hydrogen-bond acceptors (Lipinski definition) is 5. The largest absolute Gasteiger partial charge is 0.437 e. The molecule has 0 aliphatic heterocycles. The summed E-state index contributed by atoms with van der Waals surface area (Å²) in [7, 11) is 0. The topological polar surface area (TPSA) is 73.1 Å². The first-order chi connectivity index (χ1) is 11.6. The second kappa shape index (κ2) is 7.51. The second-order valence-electron chi connectivity index (χ2n) is 6.75. The maximum Gasteiger partial charge on any atom is 0.248 e. The summed E-state index contributed by atoms with van der Waals surface area (Å²) in [4.78, 5) is 8.47. The zero-order valence-electron chi connectivity index (χ0n) is 14.5. The second-order valence-corrected chi connectivity index (χ2v) is 6.75. The number of nitrogens with two attached hydrogens (primary N) is 1. The zero-order chi connectivity index (χ0) is 16.9. The van der Waals surface area contributed by atoms with E-state index >= 15 is 0 Å². The molecular weight excluding hydrogens is 300 g/mol. The number of nitrogens with one attached hydrogen (secondary N) is 1. The third-order valence-electron chi connectivity index (χ3n) is 4.55. The average molecular weight is 326 g/mol. The lowest BCUT2D eigenvalue weighted by Gasteiger charge is -2.24. The van der Waals surface area contributed by atoms with Gasteiger partial charge in [-0.3, -0.25) is 0 Å². The Morgan fingerprint density at radius 1 is 1.08 bits per heavy atom. The van der Waals surface area contributed by atoms with Gasteiger partial charge in [-0.05, 0) is 36.5 Å². The number of nitrogens with zero attached hydrogens (tertiary/aromatic N) is 2. The van der Waals surface area contributed by atoms with Gasteiger partial charge >= 0.3 is 0 Å². The molecule has 5 heteroatoms. The highest BCUT2D eigenvalue weighted by Gasteiger charge is 2.17. The first-order valence-electron chi connectivity index (χ1n) is 8.78. The maximum atomic E-state index is 6.21. The first kappa shape index (κ1) is 16.6. The highest BCUT2D eigenvalue weighted by atomic mass is 16.5. The smallest absolute Gasteiger partial charge is 0.248 e. The number of rotatable bonds is 5. The van der Waals surface area contributed by atoms with Crippen molar-refractivity contribution in [3.63, 3.8) is 0 Å². The summed E-state index contributed by atoms with van der Waals surface area (Å²) in [6.45, 7) is 4.34. The van der Waals surface area contributed by atoms with Crippen LogP contribution in [-0.4, -0.2) is 16.0 Å². The molecule has 128 valence electrons. The molecule has 1 aromatic carbocycles. The van der Waals surface area contributed by atoms with Crippen molar-refractivity contribution in [1.82, 2.24) is 9.97 Å². The van der Waals surface area contributed by atoms with Crippen LogP contribution in [0.15, 0.2) is 30.6 Å². The number of anilines is 2. The van der Waals surface area contributed by atoms with Gasteiger partial charge in [-0.1, -0.05) is 45.2 Å². The monoisotopic (exact) mass is 326 g/mol. The summed E-state index contributed by atoms with van der Waals surface area (Å²) >= 11 is 0. The van der Waals surface area contributed by atoms with Gasteiger partial charge in [0.15, 0.2) is 5.82 Å². The lowest BCUT2D eigenvalue weighted by atomic mass is 9.95. The summed E-state index contributed by atoms with van der Waals surface area (Å²) in [5.41, 5.74) is 7.96. The molecule has 3 N–H and O–H groups in total. The fraction of sp³-hybridized carbons (Fsp3) is 0.474. The standard InChI is InChI=1S/C19H26N4O/c1-13(2)14-8-10-16(11-9-14)24-19-17(20)18(21-12-22-19)23-15-6-4-3-5-7-15/h8-13,15H,3-7,20H2,1-2H3,(H,21,22,23). The van der Waals surface area contributed by atoms with Crippen LogP contribution in [0.4, 0.5) is 11.5 Å². The SMILES string of the molecule is CC(C)c1ccc(Oc2ncnc(NC3CCCCC3)c2N)cc1. The lowest BCUT2D eigenvalue weighted by molar-refractivity contribution is 0.457. The molecule has 1 saturated carbocycles. The fourth-order valence-electron chi connectivity index (χ4n) is 3.05. The van der Waals surface area contributed by atoms with Crippen LogP contribution in [0.3, 0.4) is 0 Å². The third-order valence-corrected chi connectivity index (χ3v) is 4.55. The summed E-state index contributed by atoms with van der Waals surface area (Å²) in [6.07, 6.45) is 7.66. The van der Waals surface area contributed by atoms with E-state index in [4.69, 9.17) is 10.5 Å². The Bertz CT molecular complexity index is 664. The van der Waals surface area contributed by atoms with Crippen LogP contribution in [0.2, 0.25) is 0 Å². The van der Waals surface area contributed by atoms with E-state index in [9.17, 15) is 0 Å². The van der Waals surface area contributed by atoms with Gasteiger partial charge in [0.05, 0.1) is 0 Å². The van der Waals surface area contributed by atoms with Crippen LogP contribution in [0.25, 0.3) is 0 Å². The van der Waals surface area contributed by atoms with Crippen molar-refractivity contribution >= 4 is 11.5 Å². The molecule has 1 heterocycles. The Hall–Kier alpha value is -2.30. The highest BCUT2D eigenvalue weighted by Crippen LogP contribution is 2.31. The Kier molecular flexibility index (Phi) is 5.18. The quantitative estimate of drug-likeness (QED) is 0.831. The van der Waals surface area contributed by atoms with Crippen LogP contribution in [-0.2, 0) is 0 Å². The predicted octanol–water partition coefficient (Wildman–Crippen LogP) is 4.72. The minimum Gasteiger partial charge on any atom is -0.437 e. The number of ether oxygens (including phenoxy) is 1. The van der Waals surface area contributed by atoms with Gasteiger partial charge in [-0.15, -0.1) is 0 Å². The van der Waals surface area contributed by atoms with Gasteiger partial charge in [0, 0.05) is 6.04 Å². The normalized spacial score (nSPS) is 15.5. The molecule has 0 atom stereocenters. The Morgan fingerprint density at radius 3 is 2.46 bits per heavy atom. The van der Waals surface area contributed by atoms with E-state index in [1.807, 2.05) is 12.1 Å². The van der Waals surface area contributed by atoms with Crippen LogP contribution in [0.1, 0.15) is 57.4 Å². The van der Waals surface area contributed by atoms with Crippen LogP contribution in [0.5, 0.6) is 11.6 Å². The van der Waals surface area contributed by atoms with E-state index in [0.29, 0.717) is 29.3 Å². The van der Waals surface area contributed by atoms with E-state index in [-0.39, 0.29) is 0 Å². The number of aromatic nitrogens is 2. The number of benzene rings is 1. The molecular formula is C19H26N4O. The van der Waals surface area contributed by atoms with Crippen LogP contribution in [0, 0.1) is 0 Å². The molecule has 0 amide bonds. The van der Waals surface area contributed by atoms with Gasteiger partial charge < -0.3 is 15.8 Å². The van der Waals surface area contributed by atoms with Crippen molar-refractivity contribution < 1.29 is 4.74 Å². The van der Waals surface area contributed by atoms with Crippen molar-refractivity contribution in [3.05, 3.63) is 36.2 Å².